The van der Waals surface area contributed by atoms with Crippen molar-refractivity contribution in [2.24, 2.45) is 5.41 Å². The minimum absolute atomic E-state index is 0.297. The van der Waals surface area contributed by atoms with Crippen LogP contribution in [0.3, 0.4) is 0 Å². The molecule has 0 atom stereocenters. The molecule has 3 nitrogen and oxygen atoms in total. The van der Waals surface area contributed by atoms with Crippen molar-refractivity contribution in [3.05, 3.63) is 0 Å². The molecule has 88 valence electrons. The highest BCUT2D eigenvalue weighted by Gasteiger charge is 2.22. The molecule has 0 aromatic heterocycles. The zero-order valence-corrected chi connectivity index (χ0v) is 10.5. The molecule has 1 rings (SSSR count). The summed E-state index contributed by atoms with van der Waals surface area (Å²) in [6.07, 6.45) is 0.638. The second kappa shape index (κ2) is 4.97. The Balaban J connectivity index is 2.33. The molecule has 3 heteroatoms. The van der Waals surface area contributed by atoms with Crippen molar-refractivity contribution in [1.82, 2.24) is 9.80 Å². The second-order valence-electron chi connectivity index (χ2n) is 5.57. The second-order valence-corrected chi connectivity index (χ2v) is 5.57. The van der Waals surface area contributed by atoms with Gasteiger partial charge in [-0.15, -0.1) is 0 Å². The van der Waals surface area contributed by atoms with Crippen molar-refractivity contribution in [2.45, 2.75) is 34.1 Å². The Morgan fingerprint density at radius 1 is 1.13 bits per heavy atom. The molecule has 1 aliphatic rings. The van der Waals surface area contributed by atoms with E-state index in [2.05, 4.69) is 25.7 Å². The number of rotatable bonds is 2. The lowest BCUT2D eigenvalue weighted by molar-refractivity contribution is -0.132. The van der Waals surface area contributed by atoms with Gasteiger partial charge < -0.3 is 4.90 Å². The van der Waals surface area contributed by atoms with Crippen molar-refractivity contribution in [3.63, 3.8) is 0 Å². The van der Waals surface area contributed by atoms with E-state index in [9.17, 15) is 4.79 Å². The molecular weight excluding hydrogens is 188 g/mol. The molecule has 0 radical (unpaired) electrons. The Hall–Kier alpha value is -0.570. The van der Waals surface area contributed by atoms with Gasteiger partial charge in [-0.1, -0.05) is 27.7 Å². The first kappa shape index (κ1) is 12.5. The Kier molecular flexibility index (Phi) is 4.14. The lowest BCUT2D eigenvalue weighted by atomic mass is 9.96. The number of amides is 1. The van der Waals surface area contributed by atoms with Crippen molar-refractivity contribution in [2.75, 3.05) is 32.7 Å². The molecule has 1 heterocycles. The van der Waals surface area contributed by atoms with Crippen LogP contribution in [-0.2, 0) is 4.79 Å². The lowest BCUT2D eigenvalue weighted by Gasteiger charge is -2.37. The molecule has 0 unspecified atom stereocenters. The molecule has 15 heavy (non-hydrogen) atoms. The predicted molar refractivity (Wildman–Crippen MR) is 62.8 cm³/mol. The van der Waals surface area contributed by atoms with Gasteiger partial charge in [-0.3, -0.25) is 9.69 Å². The maximum absolute atomic E-state index is 11.5. The fourth-order valence-corrected chi connectivity index (χ4v) is 2.05. The van der Waals surface area contributed by atoms with Crippen LogP contribution in [0, 0.1) is 5.41 Å². The van der Waals surface area contributed by atoms with E-state index in [0.717, 1.165) is 32.7 Å². The first-order valence-corrected chi connectivity index (χ1v) is 5.92. The zero-order chi connectivity index (χ0) is 11.5. The maximum Gasteiger partial charge on any atom is 0.222 e. The van der Waals surface area contributed by atoms with Crippen LogP contribution in [0.4, 0.5) is 0 Å². The van der Waals surface area contributed by atoms with E-state index >= 15 is 0 Å². The highest BCUT2D eigenvalue weighted by atomic mass is 16.2. The molecule has 1 fully saturated rings. The van der Waals surface area contributed by atoms with Gasteiger partial charge in [-0.05, 0) is 5.41 Å². The van der Waals surface area contributed by atoms with Crippen molar-refractivity contribution >= 4 is 5.91 Å². The number of carbonyl (C=O) groups excluding carboxylic acids is 1. The van der Waals surface area contributed by atoms with Crippen molar-refractivity contribution in [3.8, 4) is 0 Å². The highest BCUT2D eigenvalue weighted by Crippen LogP contribution is 2.16. The van der Waals surface area contributed by atoms with E-state index in [4.69, 9.17) is 0 Å². The maximum atomic E-state index is 11.5. The van der Waals surface area contributed by atoms with Gasteiger partial charge >= 0.3 is 0 Å². The zero-order valence-electron chi connectivity index (χ0n) is 10.5. The normalized spacial score (nSPS) is 19.3. The lowest BCUT2D eigenvalue weighted by Crippen LogP contribution is -2.50. The predicted octanol–water partition coefficient (Wildman–Crippen LogP) is 1.59. The molecule has 0 saturated carbocycles. The van der Waals surface area contributed by atoms with E-state index in [1.54, 1.807) is 0 Å². The molecule has 0 bridgehead atoms. The fourth-order valence-electron chi connectivity index (χ4n) is 2.05. The Bertz CT molecular complexity index is 212. The van der Waals surface area contributed by atoms with Gasteiger partial charge in [-0.25, -0.2) is 0 Å². The fraction of sp³-hybridized carbons (Fsp3) is 0.917. The number of carbonyl (C=O) groups is 1. The first-order valence-electron chi connectivity index (χ1n) is 5.92. The van der Waals surface area contributed by atoms with Crippen LogP contribution >= 0.6 is 0 Å². The van der Waals surface area contributed by atoms with Crippen LogP contribution in [0.1, 0.15) is 34.1 Å². The summed E-state index contributed by atoms with van der Waals surface area (Å²) in [5.41, 5.74) is 0.358. The molecule has 0 N–H and O–H groups in total. The SMILES string of the molecule is CCC(=O)N1CCN(CC(C)(C)C)CC1. The third-order valence-corrected chi connectivity index (χ3v) is 2.73. The minimum Gasteiger partial charge on any atom is -0.340 e. The number of nitrogens with zero attached hydrogens (tertiary/aromatic N) is 2. The summed E-state index contributed by atoms with van der Waals surface area (Å²) in [5.74, 6) is 0.297. The molecule has 0 aliphatic carbocycles. The third-order valence-electron chi connectivity index (χ3n) is 2.73. The van der Waals surface area contributed by atoms with E-state index in [0.29, 0.717) is 17.7 Å². The van der Waals surface area contributed by atoms with Crippen LogP contribution in [0.5, 0.6) is 0 Å². The highest BCUT2D eigenvalue weighted by molar-refractivity contribution is 5.75. The summed E-state index contributed by atoms with van der Waals surface area (Å²) in [6, 6.07) is 0. The third kappa shape index (κ3) is 4.20. The average Bonchev–Trinajstić information content (AvgIpc) is 2.15. The Morgan fingerprint density at radius 3 is 2.07 bits per heavy atom. The quantitative estimate of drug-likeness (QED) is 0.694. The van der Waals surface area contributed by atoms with E-state index in [1.165, 1.54) is 0 Å². The summed E-state index contributed by atoms with van der Waals surface area (Å²) in [5, 5.41) is 0. The molecule has 0 spiro atoms. The standard InChI is InChI=1S/C12H24N2O/c1-5-11(15)14-8-6-13(7-9-14)10-12(2,3)4/h5-10H2,1-4H3. The number of piperazine rings is 1. The Labute approximate surface area is 93.4 Å². The van der Waals surface area contributed by atoms with Gasteiger partial charge in [0.25, 0.3) is 0 Å². The molecule has 1 aliphatic heterocycles. The summed E-state index contributed by atoms with van der Waals surface area (Å²) in [7, 11) is 0. The van der Waals surface area contributed by atoms with Crippen molar-refractivity contribution in [1.29, 1.82) is 0 Å². The largest absolute Gasteiger partial charge is 0.340 e. The van der Waals surface area contributed by atoms with E-state index in [1.807, 2.05) is 11.8 Å². The average molecular weight is 212 g/mol. The smallest absolute Gasteiger partial charge is 0.222 e. The summed E-state index contributed by atoms with van der Waals surface area (Å²) < 4.78 is 0. The molecule has 0 aromatic rings. The Morgan fingerprint density at radius 2 is 1.67 bits per heavy atom. The van der Waals surface area contributed by atoms with Crippen LogP contribution in [0.25, 0.3) is 0 Å². The minimum atomic E-state index is 0.297. The molecule has 0 aromatic carbocycles. The van der Waals surface area contributed by atoms with Crippen LogP contribution in [0.15, 0.2) is 0 Å². The summed E-state index contributed by atoms with van der Waals surface area (Å²) in [6.45, 7) is 13.7. The van der Waals surface area contributed by atoms with Crippen LogP contribution in [0.2, 0.25) is 0 Å². The van der Waals surface area contributed by atoms with Crippen LogP contribution in [-0.4, -0.2) is 48.4 Å². The van der Waals surface area contributed by atoms with Crippen LogP contribution < -0.4 is 0 Å². The molecule has 1 saturated heterocycles. The molecular formula is C12H24N2O. The van der Waals surface area contributed by atoms with Gasteiger partial charge in [0.2, 0.25) is 5.91 Å². The van der Waals surface area contributed by atoms with Gasteiger partial charge in [0, 0.05) is 39.1 Å². The van der Waals surface area contributed by atoms with Gasteiger partial charge in [0.1, 0.15) is 0 Å². The first-order chi connectivity index (χ1) is 6.92. The topological polar surface area (TPSA) is 23.6 Å². The number of hydrogen-bond donors (Lipinski definition) is 0. The van der Waals surface area contributed by atoms with E-state index < -0.39 is 0 Å². The number of hydrogen-bond acceptors (Lipinski definition) is 2. The van der Waals surface area contributed by atoms with Gasteiger partial charge in [0.15, 0.2) is 0 Å². The van der Waals surface area contributed by atoms with Crippen molar-refractivity contribution < 1.29 is 4.79 Å². The summed E-state index contributed by atoms with van der Waals surface area (Å²) >= 11 is 0. The molecule has 1 amide bonds. The monoisotopic (exact) mass is 212 g/mol. The summed E-state index contributed by atoms with van der Waals surface area (Å²) in [4.78, 5) is 15.9. The van der Waals surface area contributed by atoms with Gasteiger partial charge in [-0.2, -0.15) is 0 Å². The van der Waals surface area contributed by atoms with E-state index in [-0.39, 0.29) is 0 Å². The van der Waals surface area contributed by atoms with Gasteiger partial charge in [0.05, 0.1) is 0 Å².